The van der Waals surface area contributed by atoms with Crippen molar-refractivity contribution in [3.05, 3.63) is 42.5 Å². The van der Waals surface area contributed by atoms with E-state index in [0.29, 0.717) is 32.2 Å². The summed E-state index contributed by atoms with van der Waals surface area (Å²) in [5.41, 5.74) is 1.65. The summed E-state index contributed by atoms with van der Waals surface area (Å²) in [4.78, 5) is 26.0. The predicted molar refractivity (Wildman–Crippen MR) is 104 cm³/mol. The normalized spacial score (nSPS) is 16.3. The fourth-order valence-electron chi connectivity index (χ4n) is 3.60. The molecule has 2 aromatic heterocycles. The molecule has 0 saturated carbocycles. The number of rotatable bonds is 4. The zero-order valence-corrected chi connectivity index (χ0v) is 16.0. The summed E-state index contributed by atoms with van der Waals surface area (Å²) >= 11 is 0. The fraction of sp³-hybridized carbons (Fsp3) is 0.450. The van der Waals surface area contributed by atoms with Crippen molar-refractivity contribution in [3.63, 3.8) is 0 Å². The van der Waals surface area contributed by atoms with Crippen LogP contribution in [0.5, 0.6) is 0 Å². The molecule has 1 saturated heterocycles. The molecule has 0 bridgehead atoms. The largest absolute Gasteiger partial charge is 0.423 e. The van der Waals surface area contributed by atoms with E-state index in [9.17, 15) is 4.79 Å². The molecular formula is C20H25N5O2. The summed E-state index contributed by atoms with van der Waals surface area (Å²) in [5, 5.41) is 0. The van der Waals surface area contributed by atoms with Gasteiger partial charge in [-0.2, -0.15) is 4.98 Å². The first-order chi connectivity index (χ1) is 13.0. The molecule has 0 N–H and O–H groups in total. The lowest BCUT2D eigenvalue weighted by molar-refractivity contribution is -0.134. The average Bonchev–Trinajstić information content (AvgIpc) is 3.34. The Hall–Kier alpha value is -2.83. The Balaban J connectivity index is 1.42. The second-order valence-electron chi connectivity index (χ2n) is 7.30. The molecule has 0 aliphatic carbocycles. The number of benzene rings is 1. The lowest BCUT2D eigenvalue weighted by atomic mass is 10.2. The van der Waals surface area contributed by atoms with Gasteiger partial charge in [-0.25, -0.2) is 4.98 Å². The molecule has 3 aromatic rings. The molecule has 1 aromatic carbocycles. The molecule has 0 radical (unpaired) electrons. The van der Waals surface area contributed by atoms with Gasteiger partial charge in [-0.15, -0.1) is 0 Å². The number of carbonyl (C=O) groups excluding carboxylic acids is 1. The van der Waals surface area contributed by atoms with Crippen LogP contribution in [-0.2, 0) is 4.79 Å². The van der Waals surface area contributed by atoms with Crippen LogP contribution in [0.4, 0.5) is 6.01 Å². The molecule has 1 atom stereocenters. The van der Waals surface area contributed by atoms with E-state index >= 15 is 0 Å². The van der Waals surface area contributed by atoms with E-state index < -0.39 is 0 Å². The van der Waals surface area contributed by atoms with E-state index in [1.54, 1.807) is 6.20 Å². The number of carbonyl (C=O) groups is 1. The number of aromatic nitrogens is 3. The first-order valence-corrected chi connectivity index (χ1v) is 9.46. The number of fused-ring (bicyclic) bond motifs is 1. The maximum Gasteiger partial charge on any atom is 0.298 e. The van der Waals surface area contributed by atoms with Gasteiger partial charge in [-0.1, -0.05) is 26.0 Å². The van der Waals surface area contributed by atoms with Crippen molar-refractivity contribution < 1.29 is 9.21 Å². The van der Waals surface area contributed by atoms with Gasteiger partial charge in [0.05, 0.1) is 0 Å². The smallest absolute Gasteiger partial charge is 0.298 e. The Morgan fingerprint density at radius 2 is 1.85 bits per heavy atom. The Bertz CT molecular complexity index is 904. The highest BCUT2D eigenvalue weighted by Crippen LogP contribution is 2.24. The Morgan fingerprint density at radius 3 is 2.56 bits per heavy atom. The highest BCUT2D eigenvalue weighted by molar-refractivity contribution is 5.80. The average molecular weight is 367 g/mol. The third kappa shape index (κ3) is 3.29. The van der Waals surface area contributed by atoms with E-state index in [1.807, 2.05) is 46.9 Å². The van der Waals surface area contributed by atoms with Crippen LogP contribution in [0.2, 0.25) is 0 Å². The van der Waals surface area contributed by atoms with Crippen LogP contribution in [0, 0.1) is 0 Å². The van der Waals surface area contributed by atoms with Gasteiger partial charge in [-0.05, 0) is 19.1 Å². The van der Waals surface area contributed by atoms with Crippen molar-refractivity contribution in [3.8, 4) is 0 Å². The number of piperazine rings is 1. The maximum absolute atomic E-state index is 13.0. The predicted octanol–water partition coefficient (Wildman–Crippen LogP) is 3.06. The van der Waals surface area contributed by atoms with Gasteiger partial charge >= 0.3 is 0 Å². The van der Waals surface area contributed by atoms with Crippen LogP contribution in [0.15, 0.2) is 41.1 Å². The second-order valence-corrected chi connectivity index (χ2v) is 7.30. The van der Waals surface area contributed by atoms with Crippen LogP contribution in [0.3, 0.4) is 0 Å². The summed E-state index contributed by atoms with van der Waals surface area (Å²) in [7, 11) is 0. The Labute approximate surface area is 158 Å². The van der Waals surface area contributed by atoms with Crippen LogP contribution in [0.1, 0.15) is 38.6 Å². The number of imidazole rings is 1. The van der Waals surface area contributed by atoms with Gasteiger partial charge in [0.1, 0.15) is 17.4 Å². The topological polar surface area (TPSA) is 67.4 Å². The molecule has 0 spiro atoms. The van der Waals surface area contributed by atoms with E-state index in [-0.39, 0.29) is 17.9 Å². The lowest BCUT2D eigenvalue weighted by Crippen LogP contribution is -2.50. The molecule has 1 aliphatic heterocycles. The number of oxazole rings is 1. The van der Waals surface area contributed by atoms with E-state index in [0.717, 1.165) is 16.9 Å². The third-order valence-electron chi connectivity index (χ3n) is 5.13. The van der Waals surface area contributed by atoms with Gasteiger partial charge in [0.25, 0.3) is 6.01 Å². The van der Waals surface area contributed by atoms with Crippen molar-refractivity contribution in [1.29, 1.82) is 0 Å². The van der Waals surface area contributed by atoms with Crippen LogP contribution >= 0.6 is 0 Å². The number of hydrogen-bond donors (Lipinski definition) is 0. The van der Waals surface area contributed by atoms with Gasteiger partial charge in [0, 0.05) is 44.5 Å². The highest BCUT2D eigenvalue weighted by atomic mass is 16.4. The second kappa shape index (κ2) is 7.06. The number of para-hydroxylation sites is 2. The number of nitrogens with zero attached hydrogens (tertiary/aromatic N) is 5. The van der Waals surface area contributed by atoms with Crippen molar-refractivity contribution in [2.45, 2.75) is 32.7 Å². The molecule has 7 nitrogen and oxygen atoms in total. The SMILES string of the molecule is CC(C)c1nccn1C(C)C(=O)N1CCN(c2nc3ccccc3o2)CC1. The van der Waals surface area contributed by atoms with E-state index in [2.05, 4.69) is 28.7 Å². The molecule has 3 heterocycles. The van der Waals surface area contributed by atoms with Crippen molar-refractivity contribution in [1.82, 2.24) is 19.4 Å². The molecule has 1 fully saturated rings. The zero-order valence-electron chi connectivity index (χ0n) is 16.0. The Kier molecular flexibility index (Phi) is 4.59. The number of amides is 1. The maximum atomic E-state index is 13.0. The zero-order chi connectivity index (χ0) is 19.0. The lowest BCUT2D eigenvalue weighted by Gasteiger charge is -2.35. The van der Waals surface area contributed by atoms with Gasteiger partial charge in [0.15, 0.2) is 5.58 Å². The molecule has 142 valence electrons. The van der Waals surface area contributed by atoms with Crippen molar-refractivity contribution in [2.75, 3.05) is 31.1 Å². The Morgan fingerprint density at radius 1 is 1.11 bits per heavy atom. The van der Waals surface area contributed by atoms with Crippen LogP contribution in [0.25, 0.3) is 11.1 Å². The number of hydrogen-bond acceptors (Lipinski definition) is 5. The van der Waals surface area contributed by atoms with E-state index in [1.165, 1.54) is 0 Å². The third-order valence-corrected chi connectivity index (χ3v) is 5.13. The number of anilines is 1. The molecule has 4 rings (SSSR count). The quantitative estimate of drug-likeness (QED) is 0.709. The minimum atomic E-state index is -0.249. The van der Waals surface area contributed by atoms with Crippen LogP contribution < -0.4 is 4.90 Å². The molecular weight excluding hydrogens is 342 g/mol. The minimum Gasteiger partial charge on any atom is -0.423 e. The summed E-state index contributed by atoms with van der Waals surface area (Å²) in [5.74, 6) is 1.36. The molecule has 1 amide bonds. The van der Waals surface area contributed by atoms with Gasteiger partial charge in [0.2, 0.25) is 5.91 Å². The van der Waals surface area contributed by atoms with E-state index in [4.69, 9.17) is 4.42 Å². The summed E-state index contributed by atoms with van der Waals surface area (Å²) < 4.78 is 7.84. The van der Waals surface area contributed by atoms with Gasteiger partial charge < -0.3 is 18.8 Å². The molecule has 7 heteroatoms. The van der Waals surface area contributed by atoms with Crippen LogP contribution in [-0.4, -0.2) is 51.5 Å². The molecule has 1 aliphatic rings. The van der Waals surface area contributed by atoms with Crippen molar-refractivity contribution in [2.24, 2.45) is 0 Å². The monoisotopic (exact) mass is 367 g/mol. The van der Waals surface area contributed by atoms with Crippen molar-refractivity contribution >= 4 is 23.0 Å². The molecule has 1 unspecified atom stereocenters. The van der Waals surface area contributed by atoms with Gasteiger partial charge in [-0.3, -0.25) is 4.79 Å². The first kappa shape index (κ1) is 17.6. The summed E-state index contributed by atoms with van der Waals surface area (Å²) in [6.07, 6.45) is 3.66. The highest BCUT2D eigenvalue weighted by Gasteiger charge is 2.28. The summed E-state index contributed by atoms with van der Waals surface area (Å²) in [6.45, 7) is 8.88. The molecule has 27 heavy (non-hydrogen) atoms. The fourth-order valence-corrected chi connectivity index (χ4v) is 3.60. The standard InChI is InChI=1S/C20H25N5O2/c1-14(2)18-21-8-9-25(18)15(3)19(26)23-10-12-24(13-11-23)20-22-16-6-4-5-7-17(16)27-20/h4-9,14-15H,10-13H2,1-3H3. The summed E-state index contributed by atoms with van der Waals surface area (Å²) in [6, 6.07) is 8.14. The first-order valence-electron chi connectivity index (χ1n) is 9.46. The minimum absolute atomic E-state index is 0.132.